The van der Waals surface area contributed by atoms with Gasteiger partial charge in [-0.25, -0.2) is 22.4 Å². The van der Waals surface area contributed by atoms with E-state index < -0.39 is 41.3 Å². The van der Waals surface area contributed by atoms with Crippen LogP contribution in [0.15, 0.2) is 15.3 Å². The van der Waals surface area contributed by atoms with Gasteiger partial charge in [-0.2, -0.15) is 0 Å². The second kappa shape index (κ2) is 5.65. The molecule has 4 nitrogen and oxygen atoms in total. The second-order valence-corrected chi connectivity index (χ2v) is 3.07. The molecular weight excluding hydrogens is 260 g/mol. The maximum absolute atomic E-state index is 12.6. The number of esters is 1. The van der Waals surface area contributed by atoms with E-state index >= 15 is 0 Å². The third kappa shape index (κ3) is 2.88. The molecule has 1 aromatic rings. The van der Waals surface area contributed by atoms with Crippen LogP contribution in [0.4, 0.5) is 17.6 Å². The number of carbonyl (C=O) groups is 1. The summed E-state index contributed by atoms with van der Waals surface area (Å²) in [6.45, 7) is 1.24. The monoisotopic (exact) mass is 268 g/mol. The van der Waals surface area contributed by atoms with Gasteiger partial charge < -0.3 is 9.15 Å². The summed E-state index contributed by atoms with van der Waals surface area (Å²) in [5, 5.41) is 0. The molecule has 0 atom stereocenters. The SMILES string of the molecule is CCOC(=O)c1c(C(F)F)oc(C(F)F)cc1=O. The summed E-state index contributed by atoms with van der Waals surface area (Å²) in [6.07, 6.45) is -6.61. The summed E-state index contributed by atoms with van der Waals surface area (Å²) >= 11 is 0. The highest BCUT2D eigenvalue weighted by Gasteiger charge is 2.28. The number of hydrogen-bond acceptors (Lipinski definition) is 4. The van der Waals surface area contributed by atoms with E-state index in [4.69, 9.17) is 0 Å². The Morgan fingerprint density at radius 2 is 1.94 bits per heavy atom. The first-order chi connectivity index (χ1) is 8.38. The molecule has 0 spiro atoms. The molecule has 0 aliphatic carbocycles. The van der Waals surface area contributed by atoms with Crippen molar-refractivity contribution in [2.24, 2.45) is 0 Å². The molecule has 1 rings (SSSR count). The highest BCUT2D eigenvalue weighted by molar-refractivity contribution is 5.90. The Labute approximate surface area is 98.2 Å². The van der Waals surface area contributed by atoms with Crippen LogP contribution in [0.3, 0.4) is 0 Å². The molecule has 0 bridgehead atoms. The van der Waals surface area contributed by atoms with E-state index in [1.54, 1.807) is 0 Å². The van der Waals surface area contributed by atoms with E-state index in [0.717, 1.165) is 0 Å². The first kappa shape index (κ1) is 14.2. The van der Waals surface area contributed by atoms with Crippen LogP contribution in [0.25, 0.3) is 0 Å². The molecule has 1 aromatic heterocycles. The van der Waals surface area contributed by atoms with Crippen molar-refractivity contribution in [2.45, 2.75) is 19.8 Å². The molecule has 0 fully saturated rings. The van der Waals surface area contributed by atoms with E-state index in [1.807, 2.05) is 0 Å². The molecule has 0 saturated heterocycles. The largest absolute Gasteiger partial charge is 0.462 e. The summed E-state index contributed by atoms with van der Waals surface area (Å²) < 4.78 is 58.2. The van der Waals surface area contributed by atoms with Gasteiger partial charge in [-0.05, 0) is 6.92 Å². The van der Waals surface area contributed by atoms with Crippen LogP contribution in [0.2, 0.25) is 0 Å². The topological polar surface area (TPSA) is 56.5 Å². The van der Waals surface area contributed by atoms with Gasteiger partial charge in [0, 0.05) is 6.07 Å². The lowest BCUT2D eigenvalue weighted by Crippen LogP contribution is -2.21. The number of carbonyl (C=O) groups excluding carboxylic acids is 1. The fourth-order valence-electron chi connectivity index (χ4n) is 1.20. The minimum Gasteiger partial charge on any atom is -0.462 e. The molecule has 0 saturated carbocycles. The molecule has 0 unspecified atom stereocenters. The van der Waals surface area contributed by atoms with Gasteiger partial charge in [0.2, 0.25) is 0 Å². The predicted octanol–water partition coefficient (Wildman–Crippen LogP) is 2.69. The average molecular weight is 268 g/mol. The second-order valence-electron chi connectivity index (χ2n) is 3.07. The summed E-state index contributed by atoms with van der Waals surface area (Å²) in [6, 6.07) is 0.294. The molecule has 0 aliphatic rings. The van der Waals surface area contributed by atoms with Crippen molar-refractivity contribution in [3.63, 3.8) is 0 Å². The van der Waals surface area contributed by atoms with Gasteiger partial charge in [0.25, 0.3) is 12.9 Å². The molecule has 18 heavy (non-hydrogen) atoms. The first-order valence-electron chi connectivity index (χ1n) is 4.79. The van der Waals surface area contributed by atoms with Crippen molar-refractivity contribution < 1.29 is 31.5 Å². The number of alkyl halides is 4. The van der Waals surface area contributed by atoms with Crippen molar-refractivity contribution in [1.29, 1.82) is 0 Å². The van der Waals surface area contributed by atoms with Crippen LogP contribution in [0, 0.1) is 0 Å². The molecule has 0 amide bonds. The highest BCUT2D eigenvalue weighted by atomic mass is 19.3. The lowest BCUT2D eigenvalue weighted by molar-refractivity contribution is 0.0482. The predicted molar refractivity (Wildman–Crippen MR) is 50.8 cm³/mol. The number of hydrogen-bond donors (Lipinski definition) is 0. The molecule has 0 N–H and O–H groups in total. The zero-order chi connectivity index (χ0) is 13.9. The minimum absolute atomic E-state index is 0.155. The highest BCUT2D eigenvalue weighted by Crippen LogP contribution is 2.26. The molecule has 100 valence electrons. The minimum atomic E-state index is -3.38. The first-order valence-corrected chi connectivity index (χ1v) is 4.79. The Hall–Kier alpha value is -1.86. The lowest BCUT2D eigenvalue weighted by atomic mass is 10.2. The van der Waals surface area contributed by atoms with Crippen LogP contribution in [0.5, 0.6) is 0 Å². The summed E-state index contributed by atoms with van der Waals surface area (Å²) in [7, 11) is 0. The average Bonchev–Trinajstić information content (AvgIpc) is 2.27. The maximum atomic E-state index is 12.6. The Morgan fingerprint density at radius 3 is 2.39 bits per heavy atom. The van der Waals surface area contributed by atoms with E-state index in [0.29, 0.717) is 6.07 Å². The zero-order valence-electron chi connectivity index (χ0n) is 9.08. The molecular formula is C10H8F4O4. The van der Waals surface area contributed by atoms with Crippen LogP contribution in [-0.4, -0.2) is 12.6 Å². The summed E-state index contributed by atoms with van der Waals surface area (Å²) in [5.74, 6) is -3.96. The van der Waals surface area contributed by atoms with Gasteiger partial charge in [0.1, 0.15) is 0 Å². The van der Waals surface area contributed by atoms with E-state index in [2.05, 4.69) is 9.15 Å². The van der Waals surface area contributed by atoms with Crippen molar-refractivity contribution in [1.82, 2.24) is 0 Å². The maximum Gasteiger partial charge on any atom is 0.345 e. The third-order valence-electron chi connectivity index (χ3n) is 1.89. The van der Waals surface area contributed by atoms with Crippen LogP contribution in [-0.2, 0) is 4.74 Å². The summed E-state index contributed by atoms with van der Waals surface area (Å²) in [5.41, 5.74) is -2.35. The zero-order valence-corrected chi connectivity index (χ0v) is 9.08. The van der Waals surface area contributed by atoms with E-state index in [9.17, 15) is 27.2 Å². The third-order valence-corrected chi connectivity index (χ3v) is 1.89. The molecule has 0 radical (unpaired) electrons. The lowest BCUT2D eigenvalue weighted by Gasteiger charge is -2.08. The van der Waals surface area contributed by atoms with Crippen molar-refractivity contribution in [2.75, 3.05) is 6.61 Å². The Morgan fingerprint density at radius 1 is 1.33 bits per heavy atom. The van der Waals surface area contributed by atoms with Crippen LogP contribution in [0.1, 0.15) is 41.7 Å². The Balaban J connectivity index is 3.41. The number of ether oxygens (including phenoxy) is 1. The molecule has 0 aliphatic heterocycles. The van der Waals surface area contributed by atoms with Gasteiger partial charge in [-0.15, -0.1) is 0 Å². The molecule has 8 heteroatoms. The normalized spacial score (nSPS) is 11.1. The standard InChI is InChI=1S/C10H8F4O4/c1-2-17-10(16)6-4(15)3-5(8(11)12)18-7(6)9(13)14/h3,8-9H,2H2,1H3. The smallest absolute Gasteiger partial charge is 0.345 e. The Bertz CT molecular complexity index is 495. The fraction of sp³-hybridized carbons (Fsp3) is 0.400. The quantitative estimate of drug-likeness (QED) is 0.622. The van der Waals surface area contributed by atoms with E-state index in [1.165, 1.54) is 6.92 Å². The van der Waals surface area contributed by atoms with Crippen molar-refractivity contribution in [3.05, 3.63) is 33.4 Å². The Kier molecular flexibility index (Phi) is 4.46. The van der Waals surface area contributed by atoms with Gasteiger partial charge in [0.05, 0.1) is 6.61 Å². The van der Waals surface area contributed by atoms with Crippen LogP contribution < -0.4 is 5.43 Å². The van der Waals surface area contributed by atoms with Gasteiger partial charge in [-0.3, -0.25) is 4.79 Å². The summed E-state index contributed by atoms with van der Waals surface area (Å²) in [4.78, 5) is 22.6. The number of halogens is 4. The van der Waals surface area contributed by atoms with Crippen molar-refractivity contribution >= 4 is 5.97 Å². The molecule has 0 aromatic carbocycles. The van der Waals surface area contributed by atoms with Gasteiger partial charge in [0.15, 0.2) is 22.5 Å². The van der Waals surface area contributed by atoms with Crippen molar-refractivity contribution in [3.8, 4) is 0 Å². The molecule has 1 heterocycles. The van der Waals surface area contributed by atoms with Gasteiger partial charge >= 0.3 is 5.97 Å². The number of rotatable bonds is 4. The van der Waals surface area contributed by atoms with E-state index in [-0.39, 0.29) is 6.61 Å². The van der Waals surface area contributed by atoms with Gasteiger partial charge in [-0.1, -0.05) is 0 Å². The fourth-order valence-corrected chi connectivity index (χ4v) is 1.20. The van der Waals surface area contributed by atoms with Crippen LogP contribution >= 0.6 is 0 Å².